The first kappa shape index (κ1) is 16.3. The van der Waals surface area contributed by atoms with Gasteiger partial charge in [0, 0.05) is 21.6 Å². The maximum absolute atomic E-state index is 6.01. The van der Waals surface area contributed by atoms with Crippen molar-refractivity contribution >= 4 is 41.0 Å². The minimum absolute atomic E-state index is 0. The van der Waals surface area contributed by atoms with Gasteiger partial charge in [-0.05, 0) is 55.1 Å². The molecule has 1 unspecified atom stereocenters. The van der Waals surface area contributed by atoms with Crippen LogP contribution in [-0.2, 0) is 6.42 Å². The summed E-state index contributed by atoms with van der Waals surface area (Å²) in [5, 5.41) is 6.17. The summed E-state index contributed by atoms with van der Waals surface area (Å²) >= 11 is 7.70. The molecule has 0 saturated heterocycles. The number of hydrogen-bond acceptors (Lipinski definition) is 3. The number of benzene rings is 1. The molecule has 1 aromatic heterocycles. The van der Waals surface area contributed by atoms with Gasteiger partial charge in [0.15, 0.2) is 0 Å². The number of nitrogens with one attached hydrogen (secondary N) is 1. The van der Waals surface area contributed by atoms with E-state index in [-0.39, 0.29) is 12.4 Å². The number of thiophene rings is 1. The Labute approximate surface area is 129 Å². The van der Waals surface area contributed by atoms with Crippen LogP contribution in [0.15, 0.2) is 29.6 Å². The SMILES string of the molecule is CNC(Cc1ccc(Cl)cc1N)c1sccc1C.Cl. The first-order valence-corrected chi connectivity index (χ1v) is 7.12. The first-order valence-electron chi connectivity index (χ1n) is 5.87. The van der Waals surface area contributed by atoms with Crippen molar-refractivity contribution in [3.63, 3.8) is 0 Å². The molecule has 0 aliphatic heterocycles. The number of nitrogen functional groups attached to an aromatic ring is 1. The van der Waals surface area contributed by atoms with E-state index >= 15 is 0 Å². The number of halogens is 2. The van der Waals surface area contributed by atoms with Crippen LogP contribution in [0.1, 0.15) is 22.0 Å². The lowest BCUT2D eigenvalue weighted by atomic mass is 10.0. The summed E-state index contributed by atoms with van der Waals surface area (Å²) in [6, 6.07) is 8.15. The van der Waals surface area contributed by atoms with Gasteiger partial charge >= 0.3 is 0 Å². The van der Waals surface area contributed by atoms with Crippen LogP contribution >= 0.6 is 35.3 Å². The largest absolute Gasteiger partial charge is 0.398 e. The van der Waals surface area contributed by atoms with E-state index in [0.29, 0.717) is 11.1 Å². The van der Waals surface area contributed by atoms with Crippen LogP contribution in [0.2, 0.25) is 5.02 Å². The molecule has 1 heterocycles. The van der Waals surface area contributed by atoms with Gasteiger partial charge in [0.25, 0.3) is 0 Å². The molecule has 0 saturated carbocycles. The van der Waals surface area contributed by atoms with E-state index < -0.39 is 0 Å². The van der Waals surface area contributed by atoms with Crippen molar-refractivity contribution in [1.29, 1.82) is 0 Å². The Morgan fingerprint density at radius 3 is 2.63 bits per heavy atom. The van der Waals surface area contributed by atoms with Crippen molar-refractivity contribution in [1.82, 2.24) is 5.32 Å². The van der Waals surface area contributed by atoms with Gasteiger partial charge in [-0.25, -0.2) is 0 Å². The van der Waals surface area contributed by atoms with Crippen molar-refractivity contribution in [2.75, 3.05) is 12.8 Å². The van der Waals surface area contributed by atoms with Crippen LogP contribution in [0.5, 0.6) is 0 Å². The summed E-state index contributed by atoms with van der Waals surface area (Å²) < 4.78 is 0. The monoisotopic (exact) mass is 316 g/mol. The summed E-state index contributed by atoms with van der Waals surface area (Å²) in [6.45, 7) is 2.14. The molecule has 2 aromatic rings. The number of nitrogens with two attached hydrogens (primary N) is 1. The standard InChI is InChI=1S/C14H17ClN2S.ClH/c1-9-5-6-18-14(9)13(17-2)7-10-3-4-11(15)8-12(10)16;/h3-6,8,13,17H,7,16H2,1-2H3;1H. The Bertz CT molecular complexity index is 540. The van der Waals surface area contributed by atoms with Gasteiger partial charge in [-0.2, -0.15) is 0 Å². The minimum atomic E-state index is 0. The third-order valence-corrected chi connectivity index (χ3v) is 4.47. The Morgan fingerprint density at radius 2 is 2.11 bits per heavy atom. The predicted molar refractivity (Wildman–Crippen MR) is 87.7 cm³/mol. The van der Waals surface area contributed by atoms with Crippen molar-refractivity contribution < 1.29 is 0 Å². The smallest absolute Gasteiger partial charge is 0.0456 e. The molecule has 5 heteroatoms. The highest BCUT2D eigenvalue weighted by atomic mass is 35.5. The lowest BCUT2D eigenvalue weighted by Gasteiger charge is -2.17. The van der Waals surface area contributed by atoms with Crippen LogP contribution in [-0.4, -0.2) is 7.05 Å². The van der Waals surface area contributed by atoms with E-state index in [9.17, 15) is 0 Å². The van der Waals surface area contributed by atoms with E-state index in [1.165, 1.54) is 10.4 Å². The Morgan fingerprint density at radius 1 is 1.37 bits per heavy atom. The van der Waals surface area contributed by atoms with Crippen molar-refractivity contribution in [2.45, 2.75) is 19.4 Å². The number of likely N-dealkylation sites (N-methyl/N-ethyl adjacent to an activating group) is 1. The fourth-order valence-corrected chi connectivity index (χ4v) is 3.26. The van der Waals surface area contributed by atoms with Gasteiger partial charge in [0.05, 0.1) is 0 Å². The zero-order chi connectivity index (χ0) is 13.1. The van der Waals surface area contributed by atoms with E-state index in [2.05, 4.69) is 23.7 Å². The van der Waals surface area contributed by atoms with Gasteiger partial charge in [-0.3, -0.25) is 0 Å². The molecule has 2 nitrogen and oxygen atoms in total. The van der Waals surface area contributed by atoms with Gasteiger partial charge in [0.2, 0.25) is 0 Å². The van der Waals surface area contributed by atoms with Crippen LogP contribution < -0.4 is 11.1 Å². The summed E-state index contributed by atoms with van der Waals surface area (Å²) in [5.74, 6) is 0. The lowest BCUT2D eigenvalue weighted by Crippen LogP contribution is -2.19. The predicted octanol–water partition coefficient (Wildman–Crippen LogP) is 4.22. The molecule has 0 radical (unpaired) electrons. The molecule has 0 aliphatic carbocycles. The summed E-state index contributed by atoms with van der Waals surface area (Å²) in [6.07, 6.45) is 0.876. The average Bonchev–Trinajstić information content (AvgIpc) is 2.75. The van der Waals surface area contributed by atoms with Crippen LogP contribution in [0, 0.1) is 6.92 Å². The van der Waals surface area contributed by atoms with E-state index in [1.54, 1.807) is 11.3 Å². The summed E-state index contributed by atoms with van der Waals surface area (Å²) in [7, 11) is 1.98. The molecular weight excluding hydrogens is 299 g/mol. The number of anilines is 1. The molecule has 1 atom stereocenters. The molecule has 19 heavy (non-hydrogen) atoms. The maximum Gasteiger partial charge on any atom is 0.0456 e. The normalized spacial score (nSPS) is 11.9. The number of hydrogen-bond donors (Lipinski definition) is 2. The Kier molecular flexibility index (Phi) is 6.14. The van der Waals surface area contributed by atoms with E-state index in [0.717, 1.165) is 17.7 Å². The molecule has 0 fully saturated rings. The fourth-order valence-electron chi connectivity index (χ4n) is 2.04. The zero-order valence-corrected chi connectivity index (χ0v) is 13.3. The average molecular weight is 317 g/mol. The molecule has 104 valence electrons. The molecule has 0 bridgehead atoms. The molecule has 0 spiro atoms. The number of aryl methyl sites for hydroxylation is 1. The maximum atomic E-state index is 6.01. The highest BCUT2D eigenvalue weighted by molar-refractivity contribution is 7.10. The summed E-state index contributed by atoms with van der Waals surface area (Å²) in [5.41, 5.74) is 9.22. The van der Waals surface area contributed by atoms with E-state index in [4.69, 9.17) is 17.3 Å². The first-order chi connectivity index (χ1) is 8.61. The zero-order valence-electron chi connectivity index (χ0n) is 10.9. The van der Waals surface area contributed by atoms with Crippen molar-refractivity contribution in [2.24, 2.45) is 0 Å². The third kappa shape index (κ3) is 3.86. The van der Waals surface area contributed by atoms with Crippen molar-refractivity contribution in [3.8, 4) is 0 Å². The van der Waals surface area contributed by atoms with Gasteiger partial charge < -0.3 is 11.1 Å². The fraction of sp³-hybridized carbons (Fsp3) is 0.286. The van der Waals surface area contributed by atoms with Crippen LogP contribution in [0.3, 0.4) is 0 Å². The second-order valence-electron chi connectivity index (χ2n) is 4.36. The van der Waals surface area contributed by atoms with Crippen LogP contribution in [0.25, 0.3) is 0 Å². The quantitative estimate of drug-likeness (QED) is 0.829. The van der Waals surface area contributed by atoms with Gasteiger partial charge in [-0.1, -0.05) is 17.7 Å². The van der Waals surface area contributed by atoms with E-state index in [1.807, 2.05) is 25.2 Å². The molecule has 2 rings (SSSR count). The number of rotatable bonds is 4. The Hall–Kier alpha value is -0.740. The molecule has 1 aromatic carbocycles. The van der Waals surface area contributed by atoms with Gasteiger partial charge in [-0.15, -0.1) is 23.7 Å². The highest BCUT2D eigenvalue weighted by Crippen LogP contribution is 2.29. The molecule has 3 N–H and O–H groups in total. The minimum Gasteiger partial charge on any atom is -0.398 e. The molecule has 0 amide bonds. The molecular formula is C14H18Cl2N2S. The molecule has 0 aliphatic rings. The topological polar surface area (TPSA) is 38.0 Å². The van der Waals surface area contributed by atoms with Gasteiger partial charge in [0.1, 0.15) is 0 Å². The Balaban J connectivity index is 0.00000180. The van der Waals surface area contributed by atoms with Crippen LogP contribution in [0.4, 0.5) is 5.69 Å². The lowest BCUT2D eigenvalue weighted by molar-refractivity contribution is 0.600. The van der Waals surface area contributed by atoms with Crippen molar-refractivity contribution in [3.05, 3.63) is 50.7 Å². The summed E-state index contributed by atoms with van der Waals surface area (Å²) in [4.78, 5) is 1.37. The third-order valence-electron chi connectivity index (χ3n) is 3.10. The second-order valence-corrected chi connectivity index (χ2v) is 5.74. The second kappa shape index (κ2) is 7.15. The highest BCUT2D eigenvalue weighted by Gasteiger charge is 2.15.